The van der Waals surface area contributed by atoms with E-state index in [0.717, 1.165) is 12.8 Å². The molecule has 1 heterocycles. The molecular weight excluding hydrogens is 248 g/mol. The van der Waals surface area contributed by atoms with Crippen LogP contribution in [0.4, 0.5) is 0 Å². The number of hydrogen-bond acceptors (Lipinski definition) is 4. The maximum Gasteiger partial charge on any atom is 0.306 e. The van der Waals surface area contributed by atoms with Crippen LogP contribution in [-0.2, 0) is 19.7 Å². The van der Waals surface area contributed by atoms with Crippen molar-refractivity contribution in [1.29, 1.82) is 0 Å². The van der Waals surface area contributed by atoms with E-state index in [2.05, 4.69) is 4.72 Å². The van der Waals surface area contributed by atoms with Gasteiger partial charge in [-0.2, -0.15) is 17.4 Å². The minimum Gasteiger partial charge on any atom is -0.481 e. The van der Waals surface area contributed by atoms with Crippen LogP contribution in [0.3, 0.4) is 0 Å². The third-order valence-corrected chi connectivity index (χ3v) is 4.21. The van der Waals surface area contributed by atoms with Crippen molar-refractivity contribution in [2.45, 2.75) is 25.4 Å². The van der Waals surface area contributed by atoms with E-state index in [1.165, 1.54) is 11.4 Å². The van der Waals surface area contributed by atoms with E-state index < -0.39 is 22.3 Å². The summed E-state index contributed by atoms with van der Waals surface area (Å²) in [5.74, 6) is -1.02. The summed E-state index contributed by atoms with van der Waals surface area (Å²) in [4.78, 5) is 10.5. The van der Waals surface area contributed by atoms with Gasteiger partial charge in [-0.3, -0.25) is 4.79 Å². The number of ether oxygens (including phenoxy) is 1. The largest absolute Gasteiger partial charge is 0.481 e. The fraction of sp³-hybridized carbons (Fsp3) is 0.889. The second-order valence-electron chi connectivity index (χ2n) is 3.92. The highest BCUT2D eigenvalue weighted by atomic mass is 32.2. The molecule has 1 unspecified atom stereocenters. The summed E-state index contributed by atoms with van der Waals surface area (Å²) in [6.07, 6.45) is 0.858. The molecule has 1 saturated heterocycles. The number of hydrogen-bond donors (Lipinski definition) is 2. The molecule has 1 atom stereocenters. The zero-order chi connectivity index (χ0) is 12.9. The Labute approximate surface area is 101 Å². The van der Waals surface area contributed by atoms with Crippen molar-refractivity contribution in [1.82, 2.24) is 9.03 Å². The summed E-state index contributed by atoms with van der Waals surface area (Å²) >= 11 is 0. The van der Waals surface area contributed by atoms with Crippen LogP contribution < -0.4 is 4.72 Å². The molecule has 0 aromatic heterocycles. The Balaban J connectivity index is 2.44. The molecule has 2 N–H and O–H groups in total. The van der Waals surface area contributed by atoms with Gasteiger partial charge in [-0.15, -0.1) is 0 Å². The van der Waals surface area contributed by atoms with Crippen LogP contribution in [-0.4, -0.2) is 56.6 Å². The number of carbonyl (C=O) groups is 1. The lowest BCUT2D eigenvalue weighted by Gasteiger charge is -2.19. The van der Waals surface area contributed by atoms with Gasteiger partial charge in [0.2, 0.25) is 0 Å². The van der Waals surface area contributed by atoms with Gasteiger partial charge in [-0.05, 0) is 12.8 Å². The maximum atomic E-state index is 11.8. The van der Waals surface area contributed by atoms with Crippen molar-refractivity contribution in [2.75, 3.05) is 26.7 Å². The Morgan fingerprint density at radius 3 is 2.53 bits per heavy atom. The first-order valence-corrected chi connectivity index (χ1v) is 6.89. The van der Waals surface area contributed by atoms with E-state index in [1.807, 2.05) is 0 Å². The number of methoxy groups -OCH3 is 1. The number of nitrogens with one attached hydrogen (secondary N) is 1. The highest BCUT2D eigenvalue weighted by molar-refractivity contribution is 7.87. The van der Waals surface area contributed by atoms with Crippen molar-refractivity contribution in [3.8, 4) is 0 Å². The van der Waals surface area contributed by atoms with Gasteiger partial charge < -0.3 is 9.84 Å². The van der Waals surface area contributed by atoms with Crippen LogP contribution in [0.25, 0.3) is 0 Å². The number of carboxylic acids is 1. The monoisotopic (exact) mass is 266 g/mol. The Hall–Kier alpha value is -0.700. The predicted molar refractivity (Wildman–Crippen MR) is 60.8 cm³/mol. The first-order chi connectivity index (χ1) is 7.95. The first-order valence-electron chi connectivity index (χ1n) is 5.45. The van der Waals surface area contributed by atoms with Crippen LogP contribution in [0.2, 0.25) is 0 Å². The van der Waals surface area contributed by atoms with Crippen molar-refractivity contribution in [3.05, 3.63) is 0 Å². The van der Waals surface area contributed by atoms with Gasteiger partial charge in [0.25, 0.3) is 10.2 Å². The van der Waals surface area contributed by atoms with E-state index in [-0.39, 0.29) is 13.0 Å². The minimum absolute atomic E-state index is 0.0262. The topological polar surface area (TPSA) is 95.9 Å². The standard InChI is InChI=1S/C9H18N2O5S/c1-16-8(6-9(12)13)7-10-17(14,15)11-4-2-3-5-11/h8,10H,2-7H2,1H3,(H,12,13). The normalized spacial score (nSPS) is 19.4. The molecule has 1 aliphatic heterocycles. The molecule has 1 aliphatic rings. The van der Waals surface area contributed by atoms with Crippen LogP contribution in [0.5, 0.6) is 0 Å². The molecule has 0 spiro atoms. The van der Waals surface area contributed by atoms with E-state index in [0.29, 0.717) is 13.1 Å². The Bertz CT molecular complexity index is 350. The molecule has 100 valence electrons. The predicted octanol–water partition coefficient (Wildman–Crippen LogP) is -0.594. The second-order valence-corrected chi connectivity index (χ2v) is 5.67. The van der Waals surface area contributed by atoms with Gasteiger partial charge >= 0.3 is 5.97 Å². The SMILES string of the molecule is COC(CNS(=O)(=O)N1CCCC1)CC(=O)O. The summed E-state index contributed by atoms with van der Waals surface area (Å²) in [5.41, 5.74) is 0. The van der Waals surface area contributed by atoms with Crippen LogP contribution in [0, 0.1) is 0 Å². The Morgan fingerprint density at radius 1 is 1.47 bits per heavy atom. The molecule has 0 aromatic rings. The summed E-state index contributed by atoms with van der Waals surface area (Å²) in [6.45, 7) is 1.01. The average molecular weight is 266 g/mol. The van der Waals surface area contributed by atoms with Gasteiger partial charge in [0.1, 0.15) is 0 Å². The zero-order valence-electron chi connectivity index (χ0n) is 9.76. The number of rotatable bonds is 7. The molecule has 1 fully saturated rings. The van der Waals surface area contributed by atoms with Crippen molar-refractivity contribution in [2.24, 2.45) is 0 Å². The van der Waals surface area contributed by atoms with E-state index in [1.54, 1.807) is 0 Å². The molecule has 8 heteroatoms. The average Bonchev–Trinajstić information content (AvgIpc) is 2.77. The number of carboxylic acid groups (broad SMARTS) is 1. The molecule has 0 saturated carbocycles. The summed E-state index contributed by atoms with van der Waals surface area (Å²) in [5, 5.41) is 8.59. The highest BCUT2D eigenvalue weighted by Crippen LogP contribution is 2.11. The molecule has 0 aromatic carbocycles. The fourth-order valence-electron chi connectivity index (χ4n) is 1.65. The molecular formula is C9H18N2O5S. The van der Waals surface area contributed by atoms with E-state index >= 15 is 0 Å². The molecule has 0 bridgehead atoms. The maximum absolute atomic E-state index is 11.8. The summed E-state index contributed by atoms with van der Waals surface area (Å²) in [6, 6.07) is 0. The second kappa shape index (κ2) is 6.29. The molecule has 7 nitrogen and oxygen atoms in total. The molecule has 17 heavy (non-hydrogen) atoms. The van der Waals surface area contributed by atoms with Crippen LogP contribution in [0.1, 0.15) is 19.3 Å². The third-order valence-electron chi connectivity index (χ3n) is 2.63. The summed E-state index contributed by atoms with van der Waals surface area (Å²) < 4.78 is 32.1. The molecule has 0 aliphatic carbocycles. The van der Waals surface area contributed by atoms with Gasteiger partial charge in [-0.1, -0.05) is 0 Å². The Kier molecular flexibility index (Phi) is 5.31. The Morgan fingerprint density at radius 2 is 2.06 bits per heavy atom. The van der Waals surface area contributed by atoms with Crippen molar-refractivity contribution in [3.63, 3.8) is 0 Å². The van der Waals surface area contributed by atoms with Gasteiger partial charge in [0.05, 0.1) is 12.5 Å². The molecule has 1 rings (SSSR count). The van der Waals surface area contributed by atoms with Crippen LogP contribution >= 0.6 is 0 Å². The quantitative estimate of drug-likeness (QED) is 0.642. The highest BCUT2D eigenvalue weighted by Gasteiger charge is 2.26. The van der Waals surface area contributed by atoms with Crippen molar-refractivity contribution >= 4 is 16.2 Å². The van der Waals surface area contributed by atoms with Crippen LogP contribution in [0.15, 0.2) is 0 Å². The zero-order valence-corrected chi connectivity index (χ0v) is 10.6. The fourth-order valence-corrected chi connectivity index (χ4v) is 2.97. The van der Waals surface area contributed by atoms with Gasteiger partial charge in [-0.25, -0.2) is 0 Å². The molecule has 0 radical (unpaired) electrons. The summed E-state index contributed by atoms with van der Waals surface area (Å²) in [7, 11) is -2.13. The number of aliphatic carboxylic acids is 1. The minimum atomic E-state index is -3.49. The van der Waals surface area contributed by atoms with Gasteiger partial charge in [0.15, 0.2) is 0 Å². The smallest absolute Gasteiger partial charge is 0.306 e. The lowest BCUT2D eigenvalue weighted by Crippen LogP contribution is -2.42. The number of nitrogens with zero attached hydrogens (tertiary/aromatic N) is 1. The van der Waals surface area contributed by atoms with E-state index in [4.69, 9.17) is 9.84 Å². The molecule has 0 amide bonds. The lowest BCUT2D eigenvalue weighted by atomic mass is 10.2. The van der Waals surface area contributed by atoms with Gasteiger partial charge in [0, 0.05) is 26.7 Å². The van der Waals surface area contributed by atoms with E-state index in [9.17, 15) is 13.2 Å². The lowest BCUT2D eigenvalue weighted by molar-refractivity contribution is -0.139. The first kappa shape index (κ1) is 14.4. The third kappa shape index (κ3) is 4.58. The van der Waals surface area contributed by atoms with Crippen molar-refractivity contribution < 1.29 is 23.1 Å².